The standard InChI is InChI=1S/C14H16O4/c1-3-4-9-17-14(16)10-18-13-7-5-12(6-8-13)11(2)15/h3-8H,9-10H2,1-2H3/b4-3+. The van der Waals surface area contributed by atoms with Gasteiger partial charge < -0.3 is 9.47 Å². The molecule has 18 heavy (non-hydrogen) atoms. The van der Waals surface area contributed by atoms with E-state index in [4.69, 9.17) is 9.47 Å². The topological polar surface area (TPSA) is 52.6 Å². The maximum absolute atomic E-state index is 11.2. The van der Waals surface area contributed by atoms with Crippen LogP contribution in [0, 0.1) is 0 Å². The molecule has 0 aliphatic carbocycles. The van der Waals surface area contributed by atoms with Gasteiger partial charge >= 0.3 is 5.97 Å². The van der Waals surface area contributed by atoms with Crippen molar-refractivity contribution >= 4 is 11.8 Å². The van der Waals surface area contributed by atoms with E-state index in [1.807, 2.05) is 6.92 Å². The van der Waals surface area contributed by atoms with Crippen LogP contribution in [0.3, 0.4) is 0 Å². The third kappa shape index (κ3) is 4.82. The fraction of sp³-hybridized carbons (Fsp3) is 0.286. The fourth-order valence-corrected chi connectivity index (χ4v) is 1.21. The highest BCUT2D eigenvalue weighted by atomic mass is 16.6. The first kappa shape index (κ1) is 14.0. The molecular weight excluding hydrogens is 232 g/mol. The van der Waals surface area contributed by atoms with Crippen LogP contribution in [0.25, 0.3) is 0 Å². The Morgan fingerprint density at radius 3 is 2.44 bits per heavy atom. The number of ether oxygens (including phenoxy) is 2. The molecule has 0 aliphatic heterocycles. The number of hydrogen-bond donors (Lipinski definition) is 0. The van der Waals surface area contributed by atoms with Gasteiger partial charge in [0.25, 0.3) is 0 Å². The van der Waals surface area contributed by atoms with Crippen LogP contribution >= 0.6 is 0 Å². The highest BCUT2D eigenvalue weighted by Gasteiger charge is 2.04. The predicted molar refractivity (Wildman–Crippen MR) is 67.7 cm³/mol. The predicted octanol–water partition coefficient (Wildman–Crippen LogP) is 2.39. The summed E-state index contributed by atoms with van der Waals surface area (Å²) in [6, 6.07) is 6.61. The van der Waals surface area contributed by atoms with Gasteiger partial charge in [-0.15, -0.1) is 0 Å². The molecule has 96 valence electrons. The number of benzene rings is 1. The zero-order valence-electron chi connectivity index (χ0n) is 10.5. The number of esters is 1. The van der Waals surface area contributed by atoms with E-state index < -0.39 is 5.97 Å². The van der Waals surface area contributed by atoms with E-state index >= 15 is 0 Å². The van der Waals surface area contributed by atoms with Gasteiger partial charge in [0.1, 0.15) is 12.4 Å². The molecule has 0 N–H and O–H groups in total. The molecule has 0 spiro atoms. The summed E-state index contributed by atoms with van der Waals surface area (Å²) in [7, 11) is 0. The molecule has 4 nitrogen and oxygen atoms in total. The van der Waals surface area contributed by atoms with Crippen LogP contribution in [-0.4, -0.2) is 25.0 Å². The molecule has 4 heteroatoms. The Balaban J connectivity index is 2.39. The van der Waals surface area contributed by atoms with Crippen molar-refractivity contribution in [2.75, 3.05) is 13.2 Å². The average molecular weight is 248 g/mol. The quantitative estimate of drug-likeness (QED) is 0.440. The molecule has 0 aromatic heterocycles. The number of ketones is 1. The molecule has 1 rings (SSSR count). The van der Waals surface area contributed by atoms with E-state index in [2.05, 4.69) is 0 Å². The summed E-state index contributed by atoms with van der Waals surface area (Å²) in [6.07, 6.45) is 3.54. The van der Waals surface area contributed by atoms with Gasteiger partial charge in [0.15, 0.2) is 12.4 Å². The Morgan fingerprint density at radius 1 is 1.22 bits per heavy atom. The van der Waals surface area contributed by atoms with Gasteiger partial charge in [-0.1, -0.05) is 12.2 Å². The zero-order chi connectivity index (χ0) is 13.4. The lowest BCUT2D eigenvalue weighted by Gasteiger charge is -2.06. The largest absolute Gasteiger partial charge is 0.482 e. The lowest BCUT2D eigenvalue weighted by atomic mass is 10.1. The van der Waals surface area contributed by atoms with Crippen LogP contribution in [0.15, 0.2) is 36.4 Å². The van der Waals surface area contributed by atoms with Crippen molar-refractivity contribution in [1.82, 2.24) is 0 Å². The van der Waals surface area contributed by atoms with Crippen molar-refractivity contribution in [3.63, 3.8) is 0 Å². The van der Waals surface area contributed by atoms with E-state index in [0.29, 0.717) is 11.3 Å². The van der Waals surface area contributed by atoms with Gasteiger partial charge in [0, 0.05) is 5.56 Å². The van der Waals surface area contributed by atoms with E-state index in [0.717, 1.165) is 0 Å². The second-order valence-electron chi connectivity index (χ2n) is 3.62. The van der Waals surface area contributed by atoms with Gasteiger partial charge in [0.2, 0.25) is 0 Å². The molecule has 0 aliphatic rings. The summed E-state index contributed by atoms with van der Waals surface area (Å²) in [4.78, 5) is 22.3. The Hall–Kier alpha value is -2.10. The van der Waals surface area contributed by atoms with Crippen LogP contribution in [0.2, 0.25) is 0 Å². The van der Waals surface area contributed by atoms with Crippen molar-refractivity contribution < 1.29 is 19.1 Å². The Bertz CT molecular complexity index is 432. The minimum absolute atomic E-state index is 0.00712. The molecule has 0 saturated carbocycles. The molecule has 0 atom stereocenters. The number of hydrogen-bond acceptors (Lipinski definition) is 4. The number of Topliss-reactive ketones (excluding diaryl/α,β-unsaturated/α-hetero) is 1. The van der Waals surface area contributed by atoms with Gasteiger partial charge in [-0.2, -0.15) is 0 Å². The van der Waals surface area contributed by atoms with Crippen molar-refractivity contribution in [2.45, 2.75) is 13.8 Å². The fourth-order valence-electron chi connectivity index (χ4n) is 1.21. The van der Waals surface area contributed by atoms with Gasteiger partial charge in [0.05, 0.1) is 0 Å². The number of allylic oxidation sites excluding steroid dienone is 1. The maximum atomic E-state index is 11.2. The second-order valence-corrected chi connectivity index (χ2v) is 3.62. The third-order valence-electron chi connectivity index (χ3n) is 2.19. The Kier molecular flexibility index (Phi) is 5.64. The Labute approximate surface area is 106 Å². The van der Waals surface area contributed by atoms with Crippen molar-refractivity contribution in [1.29, 1.82) is 0 Å². The molecule has 0 saturated heterocycles. The van der Waals surface area contributed by atoms with Crippen LogP contribution < -0.4 is 4.74 Å². The van der Waals surface area contributed by atoms with Crippen molar-refractivity contribution in [2.24, 2.45) is 0 Å². The summed E-state index contributed by atoms with van der Waals surface area (Å²) >= 11 is 0. The minimum Gasteiger partial charge on any atom is -0.482 e. The molecule has 1 aromatic rings. The summed E-state index contributed by atoms with van der Waals surface area (Å²) in [5.41, 5.74) is 0.609. The second kappa shape index (κ2) is 7.27. The molecular formula is C14H16O4. The summed E-state index contributed by atoms with van der Waals surface area (Å²) < 4.78 is 10.1. The highest BCUT2D eigenvalue weighted by molar-refractivity contribution is 5.94. The molecule has 0 fully saturated rings. The normalized spacial score (nSPS) is 10.3. The summed E-state index contributed by atoms with van der Waals surface area (Å²) in [6.45, 7) is 3.45. The number of rotatable bonds is 6. The molecule has 0 heterocycles. The van der Waals surface area contributed by atoms with Gasteiger partial charge in [-0.25, -0.2) is 4.79 Å². The van der Waals surface area contributed by atoms with Crippen LogP contribution in [0.5, 0.6) is 5.75 Å². The van der Waals surface area contributed by atoms with E-state index in [-0.39, 0.29) is 19.0 Å². The minimum atomic E-state index is -0.427. The van der Waals surface area contributed by atoms with Gasteiger partial charge in [-0.3, -0.25) is 4.79 Å². The smallest absolute Gasteiger partial charge is 0.344 e. The van der Waals surface area contributed by atoms with Crippen LogP contribution in [-0.2, 0) is 9.53 Å². The first-order chi connectivity index (χ1) is 8.63. The van der Waals surface area contributed by atoms with Crippen molar-refractivity contribution in [3.8, 4) is 5.75 Å². The van der Waals surface area contributed by atoms with E-state index in [9.17, 15) is 9.59 Å². The average Bonchev–Trinajstić information content (AvgIpc) is 2.37. The molecule has 0 amide bonds. The van der Waals surface area contributed by atoms with Crippen LogP contribution in [0.1, 0.15) is 24.2 Å². The lowest BCUT2D eigenvalue weighted by molar-refractivity contribution is -0.144. The monoisotopic (exact) mass is 248 g/mol. The molecule has 0 unspecified atom stereocenters. The Morgan fingerprint density at radius 2 is 1.89 bits per heavy atom. The first-order valence-corrected chi connectivity index (χ1v) is 5.64. The van der Waals surface area contributed by atoms with E-state index in [1.165, 1.54) is 6.92 Å². The molecule has 0 radical (unpaired) electrons. The summed E-state index contributed by atoms with van der Waals surface area (Å²) in [5.74, 6) is 0.0963. The molecule has 1 aromatic carbocycles. The molecule has 0 bridgehead atoms. The van der Waals surface area contributed by atoms with E-state index in [1.54, 1.807) is 36.4 Å². The summed E-state index contributed by atoms with van der Waals surface area (Å²) in [5, 5.41) is 0. The third-order valence-corrected chi connectivity index (χ3v) is 2.19. The van der Waals surface area contributed by atoms with Crippen molar-refractivity contribution in [3.05, 3.63) is 42.0 Å². The van der Waals surface area contributed by atoms with Gasteiger partial charge in [-0.05, 0) is 38.1 Å². The zero-order valence-corrected chi connectivity index (χ0v) is 10.5. The highest BCUT2D eigenvalue weighted by Crippen LogP contribution is 2.12. The number of carbonyl (C=O) groups is 2. The number of carbonyl (C=O) groups excluding carboxylic acids is 2. The first-order valence-electron chi connectivity index (χ1n) is 5.64. The SMILES string of the molecule is C/C=C/COC(=O)COc1ccc(C(C)=O)cc1. The lowest BCUT2D eigenvalue weighted by Crippen LogP contribution is -2.14. The maximum Gasteiger partial charge on any atom is 0.344 e. The van der Waals surface area contributed by atoms with Crippen LogP contribution in [0.4, 0.5) is 0 Å².